The normalized spacial score (nSPS) is 21.9. The van der Waals surface area contributed by atoms with Gasteiger partial charge in [0, 0.05) is 23.4 Å². The zero-order valence-corrected chi connectivity index (χ0v) is 17.8. The van der Waals surface area contributed by atoms with E-state index in [4.69, 9.17) is 4.74 Å². The molecule has 0 radical (unpaired) electrons. The van der Waals surface area contributed by atoms with Gasteiger partial charge in [0.15, 0.2) is 0 Å². The Bertz CT molecular complexity index is 1180. The van der Waals surface area contributed by atoms with Gasteiger partial charge in [-0.2, -0.15) is 0 Å². The van der Waals surface area contributed by atoms with E-state index in [1.165, 1.54) is 11.3 Å². The van der Waals surface area contributed by atoms with Crippen molar-refractivity contribution in [3.63, 3.8) is 0 Å². The van der Waals surface area contributed by atoms with Gasteiger partial charge in [0.1, 0.15) is 17.6 Å². The van der Waals surface area contributed by atoms with Gasteiger partial charge in [0.2, 0.25) is 0 Å². The third-order valence-corrected chi connectivity index (χ3v) is 6.64. The fraction of sp³-hybridized carbons (Fsp3) is 0.200. The zero-order chi connectivity index (χ0) is 21.5. The molecule has 1 fully saturated rings. The third-order valence-electron chi connectivity index (χ3n) is 5.72. The quantitative estimate of drug-likeness (QED) is 0.370. The van der Waals surface area contributed by atoms with E-state index < -0.39 is 17.7 Å². The number of aliphatic hydroxyl groups excluding tert-OH is 1. The highest BCUT2D eigenvalue weighted by atomic mass is 32.1. The molecule has 0 unspecified atom stereocenters. The summed E-state index contributed by atoms with van der Waals surface area (Å²) in [5.41, 5.74) is 2.57. The number of hydrogen-bond donors (Lipinski definition) is 1. The smallest absolute Gasteiger partial charge is 0.295 e. The molecule has 2 aromatic carbocycles. The van der Waals surface area contributed by atoms with Gasteiger partial charge < -0.3 is 14.7 Å². The number of amides is 1. The van der Waals surface area contributed by atoms with Crippen LogP contribution >= 0.6 is 11.3 Å². The lowest BCUT2D eigenvalue weighted by molar-refractivity contribution is -0.140. The number of ketones is 1. The molecule has 5 rings (SSSR count). The molecule has 6 heteroatoms. The highest BCUT2D eigenvalue weighted by Gasteiger charge is 2.46. The molecule has 1 saturated heterocycles. The summed E-state index contributed by atoms with van der Waals surface area (Å²) < 4.78 is 5.74. The first-order chi connectivity index (χ1) is 15.0. The molecule has 1 N–H and O–H groups in total. The Morgan fingerprint density at radius 1 is 1.13 bits per heavy atom. The number of fused-ring (bicyclic) bond motifs is 1. The van der Waals surface area contributed by atoms with Crippen molar-refractivity contribution in [2.24, 2.45) is 0 Å². The second-order valence-corrected chi connectivity index (χ2v) is 8.86. The molecule has 2 atom stereocenters. The van der Waals surface area contributed by atoms with Crippen LogP contribution in [0.5, 0.6) is 5.75 Å². The number of Topliss-reactive ketones (excluding diaryl/α,β-unsaturated/α-hetero) is 1. The van der Waals surface area contributed by atoms with E-state index in [0.717, 1.165) is 28.2 Å². The number of ether oxygens (including phenoxy) is 1. The lowest BCUT2D eigenvalue weighted by Gasteiger charge is -2.24. The number of benzene rings is 2. The molecule has 0 bridgehead atoms. The summed E-state index contributed by atoms with van der Waals surface area (Å²) in [5.74, 6) is -0.600. The molecule has 3 heterocycles. The molecule has 31 heavy (non-hydrogen) atoms. The Kier molecular flexibility index (Phi) is 4.87. The SMILES string of the molecule is C[C@H]1Cc2cc(C(O)=C3C(=O)C(=O)N(Cc4ccccc4)[C@@H]3c3cccs3)ccc2O1. The number of likely N-dealkylation sites (tertiary alicyclic amines) is 1. The van der Waals surface area contributed by atoms with E-state index in [9.17, 15) is 14.7 Å². The average molecular weight is 432 g/mol. The largest absolute Gasteiger partial charge is 0.507 e. The number of thiophene rings is 1. The van der Waals surface area contributed by atoms with Crippen molar-refractivity contribution in [1.29, 1.82) is 0 Å². The molecule has 2 aliphatic heterocycles. The van der Waals surface area contributed by atoms with Gasteiger partial charge in [-0.05, 0) is 47.7 Å². The van der Waals surface area contributed by atoms with Crippen molar-refractivity contribution in [3.05, 3.63) is 93.2 Å². The monoisotopic (exact) mass is 431 g/mol. The number of rotatable bonds is 4. The molecular weight excluding hydrogens is 410 g/mol. The second kappa shape index (κ2) is 7.71. The lowest BCUT2D eigenvalue weighted by Crippen LogP contribution is -2.28. The Morgan fingerprint density at radius 3 is 2.68 bits per heavy atom. The minimum atomic E-state index is -0.656. The van der Waals surface area contributed by atoms with E-state index in [1.807, 2.05) is 66.9 Å². The van der Waals surface area contributed by atoms with Gasteiger partial charge in [-0.25, -0.2) is 0 Å². The number of carbonyl (C=O) groups is 2. The summed E-state index contributed by atoms with van der Waals surface area (Å²) >= 11 is 1.46. The topological polar surface area (TPSA) is 66.8 Å². The molecule has 0 aliphatic carbocycles. The van der Waals surface area contributed by atoms with Crippen LogP contribution in [-0.4, -0.2) is 27.8 Å². The molecule has 1 amide bonds. The van der Waals surface area contributed by atoms with Crippen LogP contribution in [0.3, 0.4) is 0 Å². The summed E-state index contributed by atoms with van der Waals surface area (Å²) in [7, 11) is 0. The van der Waals surface area contributed by atoms with Gasteiger partial charge in [-0.1, -0.05) is 36.4 Å². The molecule has 0 saturated carbocycles. The maximum atomic E-state index is 13.1. The minimum absolute atomic E-state index is 0.0787. The number of aliphatic hydroxyl groups is 1. The van der Waals surface area contributed by atoms with Crippen LogP contribution < -0.4 is 4.74 Å². The fourth-order valence-corrected chi connectivity index (χ4v) is 5.14. The maximum absolute atomic E-state index is 13.1. The van der Waals surface area contributed by atoms with E-state index in [0.29, 0.717) is 12.1 Å². The van der Waals surface area contributed by atoms with Gasteiger partial charge in [0.05, 0.1) is 11.6 Å². The van der Waals surface area contributed by atoms with Crippen LogP contribution in [0.2, 0.25) is 0 Å². The average Bonchev–Trinajstić information content (AvgIpc) is 3.48. The first kappa shape index (κ1) is 19.6. The van der Waals surface area contributed by atoms with Crippen molar-refractivity contribution in [2.45, 2.75) is 32.0 Å². The first-order valence-corrected chi connectivity index (χ1v) is 11.1. The Labute approximate surface area is 184 Å². The van der Waals surface area contributed by atoms with E-state index >= 15 is 0 Å². The predicted molar refractivity (Wildman–Crippen MR) is 119 cm³/mol. The van der Waals surface area contributed by atoms with Gasteiger partial charge >= 0.3 is 0 Å². The summed E-state index contributed by atoms with van der Waals surface area (Å²) in [6.07, 6.45) is 0.822. The van der Waals surface area contributed by atoms with E-state index in [2.05, 4.69) is 0 Å². The van der Waals surface area contributed by atoms with Crippen molar-refractivity contribution < 1.29 is 19.4 Å². The van der Waals surface area contributed by atoms with E-state index in [1.54, 1.807) is 11.0 Å². The Hall–Kier alpha value is -3.38. The van der Waals surface area contributed by atoms with E-state index in [-0.39, 0.29) is 17.4 Å². The molecule has 5 nitrogen and oxygen atoms in total. The van der Waals surface area contributed by atoms with Crippen LogP contribution in [0.1, 0.15) is 34.5 Å². The van der Waals surface area contributed by atoms with Crippen molar-refractivity contribution in [2.75, 3.05) is 0 Å². The highest BCUT2D eigenvalue weighted by molar-refractivity contribution is 7.10. The van der Waals surface area contributed by atoms with Crippen molar-refractivity contribution in [1.82, 2.24) is 4.90 Å². The number of hydrogen-bond acceptors (Lipinski definition) is 5. The molecule has 1 aromatic heterocycles. The molecule has 0 spiro atoms. The van der Waals surface area contributed by atoms with Crippen LogP contribution in [-0.2, 0) is 22.6 Å². The van der Waals surface area contributed by atoms with Crippen LogP contribution in [0, 0.1) is 0 Å². The summed E-state index contributed by atoms with van der Waals surface area (Å²) in [6.45, 7) is 2.28. The Morgan fingerprint density at radius 2 is 1.94 bits per heavy atom. The predicted octanol–water partition coefficient (Wildman–Crippen LogP) is 4.69. The van der Waals surface area contributed by atoms with Gasteiger partial charge in [0.25, 0.3) is 11.7 Å². The highest BCUT2D eigenvalue weighted by Crippen LogP contribution is 2.42. The van der Waals surface area contributed by atoms with Gasteiger partial charge in [-0.15, -0.1) is 11.3 Å². The molecule has 3 aromatic rings. The maximum Gasteiger partial charge on any atom is 0.295 e. The van der Waals surface area contributed by atoms with Crippen LogP contribution in [0.25, 0.3) is 5.76 Å². The summed E-state index contributed by atoms with van der Waals surface area (Å²) in [4.78, 5) is 28.5. The van der Waals surface area contributed by atoms with Gasteiger partial charge in [-0.3, -0.25) is 9.59 Å². The van der Waals surface area contributed by atoms with Crippen molar-refractivity contribution >= 4 is 28.8 Å². The second-order valence-electron chi connectivity index (χ2n) is 7.88. The number of carbonyl (C=O) groups excluding carboxylic acids is 2. The Balaban J connectivity index is 1.60. The fourth-order valence-electron chi connectivity index (χ4n) is 4.29. The number of nitrogens with zero attached hydrogens (tertiary/aromatic N) is 1. The minimum Gasteiger partial charge on any atom is -0.507 e. The zero-order valence-electron chi connectivity index (χ0n) is 16.9. The van der Waals surface area contributed by atoms with Crippen molar-refractivity contribution in [3.8, 4) is 5.75 Å². The molecule has 2 aliphatic rings. The summed E-state index contributed by atoms with van der Waals surface area (Å²) in [6, 6.07) is 18.1. The molecular formula is C25H21NO4S. The molecule has 156 valence electrons. The standard InChI is InChI=1S/C25H21NO4S/c1-15-12-18-13-17(9-10-19(18)30-15)23(27)21-22(20-8-5-11-31-20)26(25(29)24(21)28)14-16-6-3-2-4-7-16/h2-11,13,15,22,27H,12,14H2,1H3/t15-,22+/m0/s1. The lowest BCUT2D eigenvalue weighted by atomic mass is 9.98. The summed E-state index contributed by atoms with van der Waals surface area (Å²) in [5, 5.41) is 13.1. The first-order valence-electron chi connectivity index (χ1n) is 10.2. The third kappa shape index (κ3) is 3.43. The van der Waals surface area contributed by atoms with Crippen LogP contribution in [0.4, 0.5) is 0 Å². The van der Waals surface area contributed by atoms with Crippen LogP contribution in [0.15, 0.2) is 71.6 Å².